The third kappa shape index (κ3) is 4.89. The number of carbonyl (C=O) groups is 2. The van der Waals surface area contributed by atoms with Crippen LogP contribution in [-0.2, 0) is 16.4 Å². The summed E-state index contributed by atoms with van der Waals surface area (Å²) in [5.74, 6) is -0.000698. The summed E-state index contributed by atoms with van der Waals surface area (Å²) in [6.07, 6.45) is 3.53. The fourth-order valence-electron chi connectivity index (χ4n) is 4.59. The Labute approximate surface area is 229 Å². The third-order valence-electron chi connectivity index (χ3n) is 6.61. The van der Waals surface area contributed by atoms with Crippen molar-refractivity contribution < 1.29 is 18.0 Å². The molecule has 1 saturated heterocycles. The van der Waals surface area contributed by atoms with E-state index in [1.807, 2.05) is 18.3 Å². The highest BCUT2D eigenvalue weighted by Gasteiger charge is 2.31. The molecule has 2 aromatic carbocycles. The van der Waals surface area contributed by atoms with Gasteiger partial charge in [0, 0.05) is 54.6 Å². The lowest BCUT2D eigenvalue weighted by Crippen LogP contribution is -2.43. The van der Waals surface area contributed by atoms with Crippen molar-refractivity contribution in [2.24, 2.45) is 0 Å². The Bertz CT molecular complexity index is 1680. The fraction of sp³-hybridized carbons (Fsp3) is 0.185. The first-order chi connectivity index (χ1) is 18.9. The molecule has 2 aliphatic heterocycles. The number of hydrogen-bond donors (Lipinski definition) is 3. The maximum atomic E-state index is 13.2. The van der Waals surface area contributed by atoms with E-state index in [0.717, 1.165) is 47.4 Å². The number of benzene rings is 2. The number of thiazole rings is 1. The van der Waals surface area contributed by atoms with Crippen LogP contribution in [-0.4, -0.2) is 56.4 Å². The summed E-state index contributed by atoms with van der Waals surface area (Å²) in [6.45, 7) is 3.98. The molecule has 6 rings (SSSR count). The van der Waals surface area contributed by atoms with Crippen molar-refractivity contribution in [3.63, 3.8) is 0 Å². The monoisotopic (exact) mass is 560 g/mol. The van der Waals surface area contributed by atoms with Crippen molar-refractivity contribution >= 4 is 44.5 Å². The predicted octanol–water partition coefficient (Wildman–Crippen LogP) is 2.94. The summed E-state index contributed by atoms with van der Waals surface area (Å²) >= 11 is 1.46. The van der Waals surface area contributed by atoms with Gasteiger partial charge in [-0.25, -0.2) is 18.4 Å². The first-order valence-corrected chi connectivity index (χ1v) is 14.6. The number of sulfone groups is 1. The van der Waals surface area contributed by atoms with E-state index in [1.165, 1.54) is 41.7 Å². The molecule has 4 aromatic rings. The van der Waals surface area contributed by atoms with E-state index in [2.05, 4.69) is 30.8 Å². The van der Waals surface area contributed by atoms with Crippen LogP contribution in [0.15, 0.2) is 76.8 Å². The van der Waals surface area contributed by atoms with Crippen molar-refractivity contribution in [3.05, 3.63) is 83.0 Å². The van der Waals surface area contributed by atoms with Crippen LogP contribution in [0.2, 0.25) is 0 Å². The summed E-state index contributed by atoms with van der Waals surface area (Å²) in [5, 5.41) is 9.61. The van der Waals surface area contributed by atoms with Crippen LogP contribution in [0.4, 0.5) is 11.5 Å². The Morgan fingerprint density at radius 3 is 2.62 bits per heavy atom. The van der Waals surface area contributed by atoms with Gasteiger partial charge in [-0.1, -0.05) is 12.1 Å². The van der Waals surface area contributed by atoms with Crippen molar-refractivity contribution in [1.29, 1.82) is 0 Å². The Morgan fingerprint density at radius 2 is 1.82 bits per heavy atom. The lowest BCUT2D eigenvalue weighted by atomic mass is 10.1. The zero-order chi connectivity index (χ0) is 27.0. The average Bonchev–Trinajstić information content (AvgIpc) is 3.42. The van der Waals surface area contributed by atoms with Gasteiger partial charge in [0.05, 0.1) is 27.6 Å². The lowest BCUT2D eigenvalue weighted by Gasteiger charge is -2.28. The standard InChI is InChI=1S/C27H24N6O4S2/c34-25(17-5-7-23-21(13-17)32-26(35)20-3-1-2-4-22(20)39(23,36)37)30-15-19-16-31-27(38-19)18-6-8-24(29-14-18)33-11-9-28-10-12-33/h1-8,13-14,16,28H,9-12,15H2,(H,30,34)(H,32,35). The molecule has 12 heteroatoms. The molecule has 4 heterocycles. The zero-order valence-electron chi connectivity index (χ0n) is 20.7. The van der Waals surface area contributed by atoms with Crippen LogP contribution in [0.25, 0.3) is 10.6 Å². The van der Waals surface area contributed by atoms with Crippen LogP contribution < -0.4 is 20.9 Å². The zero-order valence-corrected chi connectivity index (χ0v) is 22.3. The van der Waals surface area contributed by atoms with Crippen LogP contribution in [0.1, 0.15) is 25.6 Å². The number of nitrogens with one attached hydrogen (secondary N) is 3. The molecular formula is C27H24N6O4S2. The van der Waals surface area contributed by atoms with E-state index in [0.29, 0.717) is 0 Å². The molecule has 0 spiro atoms. The SMILES string of the molecule is O=C(NCc1cnc(-c2ccc(N3CCNCC3)nc2)s1)c1ccc2c(c1)NC(=O)c1ccccc1S2(=O)=O. The van der Waals surface area contributed by atoms with Gasteiger partial charge in [0.1, 0.15) is 10.8 Å². The van der Waals surface area contributed by atoms with Gasteiger partial charge in [-0.2, -0.15) is 0 Å². The molecule has 2 aromatic heterocycles. The number of rotatable bonds is 5. The van der Waals surface area contributed by atoms with Crippen molar-refractivity contribution in [1.82, 2.24) is 20.6 Å². The highest BCUT2D eigenvalue weighted by molar-refractivity contribution is 7.91. The van der Waals surface area contributed by atoms with Gasteiger partial charge in [-0.15, -0.1) is 11.3 Å². The molecule has 0 radical (unpaired) electrons. The van der Waals surface area contributed by atoms with Gasteiger partial charge < -0.3 is 20.9 Å². The van der Waals surface area contributed by atoms with E-state index in [-0.39, 0.29) is 33.2 Å². The van der Waals surface area contributed by atoms with E-state index in [4.69, 9.17) is 0 Å². The van der Waals surface area contributed by atoms with E-state index in [1.54, 1.807) is 18.3 Å². The molecule has 0 saturated carbocycles. The number of anilines is 2. The minimum Gasteiger partial charge on any atom is -0.354 e. The molecule has 0 aliphatic carbocycles. The number of nitrogens with zero attached hydrogens (tertiary/aromatic N) is 3. The number of hydrogen-bond acceptors (Lipinski definition) is 9. The topological polar surface area (TPSA) is 133 Å². The second-order valence-corrected chi connectivity index (χ2v) is 12.1. The molecule has 0 atom stereocenters. The summed E-state index contributed by atoms with van der Waals surface area (Å²) in [4.78, 5) is 37.6. The number of fused-ring (bicyclic) bond motifs is 2. The van der Waals surface area contributed by atoms with Gasteiger partial charge >= 0.3 is 0 Å². The van der Waals surface area contributed by atoms with Gasteiger partial charge in [0.15, 0.2) is 0 Å². The summed E-state index contributed by atoms with van der Waals surface area (Å²) in [6, 6.07) is 14.2. The molecule has 10 nitrogen and oxygen atoms in total. The van der Waals surface area contributed by atoms with Gasteiger partial charge in [-0.05, 0) is 42.5 Å². The van der Waals surface area contributed by atoms with Crippen molar-refractivity contribution in [2.45, 2.75) is 16.3 Å². The Hall–Kier alpha value is -4.13. The average molecular weight is 561 g/mol. The number of carbonyl (C=O) groups excluding carboxylic acids is 2. The van der Waals surface area contributed by atoms with Crippen molar-refractivity contribution in [2.75, 3.05) is 36.4 Å². The van der Waals surface area contributed by atoms with Crippen LogP contribution in [0.3, 0.4) is 0 Å². The van der Waals surface area contributed by atoms with Crippen LogP contribution in [0.5, 0.6) is 0 Å². The largest absolute Gasteiger partial charge is 0.354 e. The van der Waals surface area contributed by atoms with Crippen molar-refractivity contribution in [3.8, 4) is 10.6 Å². The highest BCUT2D eigenvalue weighted by Crippen LogP contribution is 2.34. The molecular weight excluding hydrogens is 536 g/mol. The number of aromatic nitrogens is 2. The molecule has 2 aliphatic rings. The van der Waals surface area contributed by atoms with Crippen LogP contribution >= 0.6 is 11.3 Å². The second kappa shape index (κ2) is 10.2. The molecule has 0 unspecified atom stereocenters. The summed E-state index contributed by atoms with van der Waals surface area (Å²) in [7, 11) is -3.93. The normalized spacial score (nSPS) is 16.0. The third-order valence-corrected chi connectivity index (χ3v) is 9.53. The Balaban J connectivity index is 1.14. The molecule has 3 N–H and O–H groups in total. The first kappa shape index (κ1) is 25.2. The van der Waals surface area contributed by atoms with Gasteiger partial charge in [0.25, 0.3) is 11.8 Å². The quantitative estimate of drug-likeness (QED) is 0.339. The van der Waals surface area contributed by atoms with E-state index < -0.39 is 21.7 Å². The fourth-order valence-corrected chi connectivity index (χ4v) is 7.02. The molecule has 198 valence electrons. The minimum atomic E-state index is -3.93. The summed E-state index contributed by atoms with van der Waals surface area (Å²) < 4.78 is 26.3. The van der Waals surface area contributed by atoms with E-state index >= 15 is 0 Å². The van der Waals surface area contributed by atoms with Gasteiger partial charge in [0.2, 0.25) is 9.84 Å². The predicted molar refractivity (Wildman–Crippen MR) is 148 cm³/mol. The Morgan fingerprint density at radius 1 is 1.00 bits per heavy atom. The molecule has 0 bridgehead atoms. The number of piperazine rings is 1. The summed E-state index contributed by atoms with van der Waals surface area (Å²) in [5.41, 5.74) is 1.27. The maximum Gasteiger partial charge on any atom is 0.257 e. The lowest BCUT2D eigenvalue weighted by molar-refractivity contribution is 0.0949. The highest BCUT2D eigenvalue weighted by atomic mass is 32.2. The first-order valence-electron chi connectivity index (χ1n) is 12.3. The van der Waals surface area contributed by atoms with E-state index in [9.17, 15) is 18.0 Å². The Kier molecular flexibility index (Phi) is 6.59. The molecule has 2 amide bonds. The number of amides is 2. The number of pyridine rings is 1. The molecule has 39 heavy (non-hydrogen) atoms. The molecule has 1 fully saturated rings. The smallest absolute Gasteiger partial charge is 0.257 e. The maximum absolute atomic E-state index is 13.2. The minimum absolute atomic E-state index is 0.0546. The van der Waals surface area contributed by atoms with Gasteiger partial charge in [-0.3, -0.25) is 9.59 Å². The second-order valence-electron chi connectivity index (χ2n) is 9.12. The van der Waals surface area contributed by atoms with Crippen LogP contribution in [0, 0.1) is 0 Å².